The molecular formula is C12H7ClF3NO2. The number of alkyl halides is 3. The number of H-pyrrole nitrogens is 1. The van der Waals surface area contributed by atoms with Crippen LogP contribution in [0.25, 0.3) is 11.1 Å². The number of hydrogen-bond acceptors (Lipinski definition) is 2. The first-order valence-corrected chi connectivity index (χ1v) is 5.48. The second kappa shape index (κ2) is 4.97. The number of aromatic amines is 1. The number of hydrogen-bond donors (Lipinski definition) is 1. The molecule has 0 aliphatic heterocycles. The maximum Gasteiger partial charge on any atom is 0.573 e. The number of para-hydroxylation sites is 1. The molecule has 1 aromatic carbocycles. The molecule has 0 atom stereocenters. The standard InChI is InChI=1S/C12H7ClF3NO2/c13-7-5-9(11(18)17-6-7)8-3-1-2-4-10(8)19-12(14,15)16/h1-6H,(H,17,18). The van der Waals surface area contributed by atoms with Crippen LogP contribution in [0.2, 0.25) is 5.02 Å². The van der Waals surface area contributed by atoms with Crippen LogP contribution in [0.1, 0.15) is 0 Å². The van der Waals surface area contributed by atoms with E-state index in [2.05, 4.69) is 9.72 Å². The third-order valence-electron chi connectivity index (χ3n) is 2.27. The van der Waals surface area contributed by atoms with Gasteiger partial charge in [-0.05, 0) is 12.1 Å². The third-order valence-corrected chi connectivity index (χ3v) is 2.49. The molecule has 0 saturated heterocycles. The summed E-state index contributed by atoms with van der Waals surface area (Å²) in [5.74, 6) is -0.456. The molecule has 7 heteroatoms. The van der Waals surface area contributed by atoms with Crippen molar-refractivity contribution in [2.24, 2.45) is 0 Å². The van der Waals surface area contributed by atoms with E-state index in [9.17, 15) is 18.0 Å². The first-order chi connectivity index (χ1) is 8.87. The molecule has 0 aliphatic carbocycles. The lowest BCUT2D eigenvalue weighted by atomic mass is 10.1. The highest BCUT2D eigenvalue weighted by atomic mass is 35.5. The van der Waals surface area contributed by atoms with Gasteiger partial charge in [0.15, 0.2) is 0 Å². The van der Waals surface area contributed by atoms with E-state index in [0.717, 1.165) is 6.07 Å². The van der Waals surface area contributed by atoms with Crippen LogP contribution in [0, 0.1) is 0 Å². The molecule has 3 nitrogen and oxygen atoms in total. The van der Waals surface area contributed by atoms with Crippen molar-refractivity contribution in [1.29, 1.82) is 0 Å². The predicted molar refractivity (Wildman–Crippen MR) is 64.2 cm³/mol. The quantitative estimate of drug-likeness (QED) is 0.918. The molecule has 1 aromatic heterocycles. The maximum absolute atomic E-state index is 12.3. The van der Waals surface area contributed by atoms with Crippen LogP contribution in [-0.4, -0.2) is 11.3 Å². The van der Waals surface area contributed by atoms with Crippen molar-refractivity contribution < 1.29 is 17.9 Å². The lowest BCUT2D eigenvalue weighted by Gasteiger charge is -2.12. The summed E-state index contributed by atoms with van der Waals surface area (Å²) in [6.45, 7) is 0. The van der Waals surface area contributed by atoms with Crippen LogP contribution in [0.4, 0.5) is 13.2 Å². The summed E-state index contributed by atoms with van der Waals surface area (Å²) in [4.78, 5) is 14.0. The van der Waals surface area contributed by atoms with Gasteiger partial charge in [0, 0.05) is 11.8 Å². The van der Waals surface area contributed by atoms with Crippen molar-refractivity contribution in [3.63, 3.8) is 0 Å². The molecule has 0 amide bonds. The molecule has 0 radical (unpaired) electrons. The number of ether oxygens (including phenoxy) is 1. The zero-order valence-corrected chi connectivity index (χ0v) is 10.0. The van der Waals surface area contributed by atoms with Gasteiger partial charge in [0.2, 0.25) is 0 Å². The molecule has 1 N–H and O–H groups in total. The van der Waals surface area contributed by atoms with Crippen LogP contribution in [0.15, 0.2) is 41.3 Å². The van der Waals surface area contributed by atoms with Gasteiger partial charge in [0.1, 0.15) is 5.75 Å². The molecule has 0 unspecified atom stereocenters. The van der Waals surface area contributed by atoms with E-state index < -0.39 is 17.7 Å². The average Bonchev–Trinajstić information content (AvgIpc) is 2.31. The first-order valence-electron chi connectivity index (χ1n) is 5.10. The van der Waals surface area contributed by atoms with Gasteiger partial charge in [-0.3, -0.25) is 4.79 Å². The van der Waals surface area contributed by atoms with Crippen LogP contribution < -0.4 is 10.3 Å². The molecule has 0 fully saturated rings. The smallest absolute Gasteiger partial charge is 0.405 e. The normalized spacial score (nSPS) is 11.4. The lowest BCUT2D eigenvalue weighted by Crippen LogP contribution is -2.18. The number of rotatable bonds is 2. The van der Waals surface area contributed by atoms with Gasteiger partial charge in [0.25, 0.3) is 5.56 Å². The zero-order chi connectivity index (χ0) is 14.0. The molecular weight excluding hydrogens is 283 g/mol. The minimum atomic E-state index is -4.83. The molecule has 1 heterocycles. The van der Waals surface area contributed by atoms with Gasteiger partial charge in [-0.15, -0.1) is 13.2 Å². The van der Waals surface area contributed by atoms with E-state index in [-0.39, 0.29) is 16.1 Å². The van der Waals surface area contributed by atoms with E-state index in [1.165, 1.54) is 30.5 Å². The molecule has 0 bridgehead atoms. The van der Waals surface area contributed by atoms with Gasteiger partial charge in [-0.2, -0.15) is 0 Å². The summed E-state index contributed by atoms with van der Waals surface area (Å²) in [5, 5.41) is 0.205. The second-order valence-electron chi connectivity index (χ2n) is 3.60. The van der Waals surface area contributed by atoms with Gasteiger partial charge in [-0.1, -0.05) is 29.8 Å². The molecule has 100 valence electrons. The van der Waals surface area contributed by atoms with E-state index in [4.69, 9.17) is 11.6 Å². The number of nitrogens with one attached hydrogen (secondary N) is 1. The molecule has 19 heavy (non-hydrogen) atoms. The molecule has 2 rings (SSSR count). The van der Waals surface area contributed by atoms with Crippen molar-refractivity contribution >= 4 is 11.6 Å². The van der Waals surface area contributed by atoms with E-state index in [0.29, 0.717) is 0 Å². The molecule has 0 aliphatic rings. The Kier molecular flexibility index (Phi) is 3.53. The number of aromatic nitrogens is 1. The fourth-order valence-electron chi connectivity index (χ4n) is 1.56. The summed E-state index contributed by atoms with van der Waals surface area (Å²) < 4.78 is 40.7. The molecule has 0 saturated carbocycles. The number of pyridine rings is 1. The summed E-state index contributed by atoms with van der Waals surface area (Å²) in [6, 6.07) is 6.63. The van der Waals surface area contributed by atoms with E-state index in [1.54, 1.807) is 0 Å². The minimum absolute atomic E-state index is 0.00681. The minimum Gasteiger partial charge on any atom is -0.405 e. The Hall–Kier alpha value is -1.95. The summed E-state index contributed by atoms with van der Waals surface area (Å²) in [6.07, 6.45) is -3.58. The van der Waals surface area contributed by atoms with Crippen LogP contribution in [0.3, 0.4) is 0 Å². The Morgan fingerprint density at radius 3 is 2.53 bits per heavy atom. The summed E-state index contributed by atoms with van der Waals surface area (Å²) >= 11 is 5.72. The Labute approximate surface area is 110 Å². The van der Waals surface area contributed by atoms with E-state index >= 15 is 0 Å². The van der Waals surface area contributed by atoms with E-state index in [1.807, 2.05) is 0 Å². The van der Waals surface area contributed by atoms with Crippen molar-refractivity contribution in [3.05, 3.63) is 51.9 Å². The number of halogens is 4. The Bertz CT molecular complexity index is 652. The molecule has 2 aromatic rings. The van der Waals surface area contributed by atoms with Crippen molar-refractivity contribution in [2.75, 3.05) is 0 Å². The third kappa shape index (κ3) is 3.29. The average molecular weight is 290 g/mol. The van der Waals surface area contributed by atoms with Gasteiger partial charge in [0.05, 0.1) is 10.6 Å². The summed E-state index contributed by atoms with van der Waals surface area (Å²) in [7, 11) is 0. The Balaban J connectivity index is 2.56. The largest absolute Gasteiger partial charge is 0.573 e. The van der Waals surface area contributed by atoms with Crippen molar-refractivity contribution in [1.82, 2.24) is 4.98 Å². The van der Waals surface area contributed by atoms with Gasteiger partial charge >= 0.3 is 6.36 Å². The predicted octanol–water partition coefficient (Wildman–Crippen LogP) is 3.59. The second-order valence-corrected chi connectivity index (χ2v) is 4.04. The van der Waals surface area contributed by atoms with Gasteiger partial charge < -0.3 is 9.72 Å². The van der Waals surface area contributed by atoms with Gasteiger partial charge in [-0.25, -0.2) is 0 Å². The fourth-order valence-corrected chi connectivity index (χ4v) is 1.72. The topological polar surface area (TPSA) is 42.1 Å². The fraction of sp³-hybridized carbons (Fsp3) is 0.0833. The first kappa shape index (κ1) is 13.5. The van der Waals surface area contributed by atoms with Crippen LogP contribution >= 0.6 is 11.6 Å². The highest BCUT2D eigenvalue weighted by Gasteiger charge is 2.32. The SMILES string of the molecule is O=c1[nH]cc(Cl)cc1-c1ccccc1OC(F)(F)F. The summed E-state index contributed by atoms with van der Waals surface area (Å²) in [5.41, 5.74) is -0.529. The lowest BCUT2D eigenvalue weighted by molar-refractivity contribution is -0.274. The molecule has 0 spiro atoms. The van der Waals surface area contributed by atoms with Crippen LogP contribution in [0.5, 0.6) is 5.75 Å². The van der Waals surface area contributed by atoms with Crippen LogP contribution in [-0.2, 0) is 0 Å². The highest BCUT2D eigenvalue weighted by molar-refractivity contribution is 6.30. The van der Waals surface area contributed by atoms with Crippen molar-refractivity contribution in [3.8, 4) is 16.9 Å². The van der Waals surface area contributed by atoms with Crippen molar-refractivity contribution in [2.45, 2.75) is 6.36 Å². The Morgan fingerprint density at radius 1 is 1.16 bits per heavy atom. The maximum atomic E-state index is 12.3. The number of benzene rings is 1. The highest BCUT2D eigenvalue weighted by Crippen LogP contribution is 2.32. The zero-order valence-electron chi connectivity index (χ0n) is 9.29. The monoisotopic (exact) mass is 289 g/mol. The Morgan fingerprint density at radius 2 is 1.84 bits per heavy atom.